The van der Waals surface area contributed by atoms with E-state index in [4.69, 9.17) is 0 Å². The molecule has 0 spiro atoms. The highest BCUT2D eigenvalue weighted by Crippen LogP contribution is 2.35. The molecule has 0 rings (SSSR count). The fourth-order valence-corrected chi connectivity index (χ4v) is 2.80. The minimum absolute atomic E-state index is 0.811. The molecule has 0 aromatic heterocycles. The second-order valence-electron chi connectivity index (χ2n) is 6.45. The van der Waals surface area contributed by atoms with Crippen LogP contribution >= 0.6 is 0 Å². The Bertz CT molecular complexity index is 171. The molecule has 0 heterocycles. The van der Waals surface area contributed by atoms with Gasteiger partial charge in [-0.1, -0.05) is 68.2 Å². The van der Waals surface area contributed by atoms with Gasteiger partial charge in [0, 0.05) is 0 Å². The lowest BCUT2D eigenvalue weighted by atomic mass is 9.70. The molecule has 0 saturated carbocycles. The Morgan fingerprint density at radius 1 is 0.625 bits per heavy atom. The second-order valence-corrected chi connectivity index (χ2v) is 6.45. The summed E-state index contributed by atoms with van der Waals surface area (Å²) in [6, 6.07) is 0. The predicted octanol–water partition coefficient (Wildman–Crippen LogP) is 5.62. The maximum Gasteiger partial charge on any atom is -0.0386 e. The third kappa shape index (κ3) is 4.47. The molecular formula is C16H34. The minimum atomic E-state index is 0.811. The molecule has 98 valence electrons. The lowest BCUT2D eigenvalue weighted by Crippen LogP contribution is -2.28. The first kappa shape index (κ1) is 16.0. The summed E-state index contributed by atoms with van der Waals surface area (Å²) in [5, 5.41) is 0. The normalized spacial score (nSPS) is 21.6. The van der Waals surface area contributed by atoms with Crippen molar-refractivity contribution in [1.29, 1.82) is 0 Å². The van der Waals surface area contributed by atoms with Crippen molar-refractivity contribution in [2.45, 2.75) is 68.2 Å². The summed E-state index contributed by atoms with van der Waals surface area (Å²) < 4.78 is 0. The second kappa shape index (κ2) is 7.35. The van der Waals surface area contributed by atoms with Gasteiger partial charge in [-0.3, -0.25) is 0 Å². The van der Waals surface area contributed by atoms with E-state index in [0.717, 1.165) is 35.5 Å². The summed E-state index contributed by atoms with van der Waals surface area (Å²) in [7, 11) is 0. The highest BCUT2D eigenvalue weighted by molar-refractivity contribution is 4.76. The Morgan fingerprint density at radius 3 is 1.44 bits per heavy atom. The molecular weight excluding hydrogens is 192 g/mol. The van der Waals surface area contributed by atoms with Gasteiger partial charge < -0.3 is 0 Å². The molecule has 5 unspecified atom stereocenters. The Hall–Kier alpha value is 0. The molecule has 5 atom stereocenters. The zero-order chi connectivity index (χ0) is 12.9. The molecule has 0 bridgehead atoms. The van der Waals surface area contributed by atoms with Crippen molar-refractivity contribution in [2.24, 2.45) is 35.5 Å². The SMILES string of the molecule is CCCC(C)C(C)C(C)C(C)C(C)C(C)C. The fraction of sp³-hybridized carbons (Fsp3) is 1.00. The van der Waals surface area contributed by atoms with Gasteiger partial charge in [-0.25, -0.2) is 0 Å². The van der Waals surface area contributed by atoms with Gasteiger partial charge in [-0.2, -0.15) is 0 Å². The highest BCUT2D eigenvalue weighted by atomic mass is 14.3. The summed E-state index contributed by atoms with van der Waals surface area (Å²) in [6.45, 7) is 19.2. The van der Waals surface area contributed by atoms with E-state index in [9.17, 15) is 0 Å². The van der Waals surface area contributed by atoms with Crippen LogP contribution < -0.4 is 0 Å². The predicted molar refractivity (Wildman–Crippen MR) is 75.6 cm³/mol. The smallest absolute Gasteiger partial charge is 0.0386 e. The minimum Gasteiger partial charge on any atom is -0.0654 e. The zero-order valence-electron chi connectivity index (χ0n) is 12.9. The Balaban J connectivity index is 4.36. The van der Waals surface area contributed by atoms with E-state index < -0.39 is 0 Å². The lowest BCUT2D eigenvalue weighted by molar-refractivity contribution is 0.140. The maximum absolute atomic E-state index is 2.46. The molecule has 0 fully saturated rings. The largest absolute Gasteiger partial charge is 0.0654 e. The molecule has 0 N–H and O–H groups in total. The van der Waals surface area contributed by atoms with Crippen molar-refractivity contribution in [2.75, 3.05) is 0 Å². The topological polar surface area (TPSA) is 0 Å². The summed E-state index contributed by atoms with van der Waals surface area (Å²) in [6.07, 6.45) is 2.71. The lowest BCUT2D eigenvalue weighted by Gasteiger charge is -2.35. The summed E-state index contributed by atoms with van der Waals surface area (Å²) in [5.41, 5.74) is 0. The zero-order valence-corrected chi connectivity index (χ0v) is 12.9. The van der Waals surface area contributed by atoms with E-state index in [1.54, 1.807) is 0 Å². The van der Waals surface area contributed by atoms with Crippen LogP contribution in [-0.4, -0.2) is 0 Å². The monoisotopic (exact) mass is 226 g/mol. The highest BCUT2D eigenvalue weighted by Gasteiger charge is 2.27. The molecule has 0 amide bonds. The molecule has 0 aliphatic carbocycles. The van der Waals surface area contributed by atoms with Crippen LogP contribution in [0.1, 0.15) is 68.2 Å². The molecule has 0 aromatic rings. The number of hydrogen-bond donors (Lipinski definition) is 0. The maximum atomic E-state index is 2.46. The van der Waals surface area contributed by atoms with Gasteiger partial charge in [0.05, 0.1) is 0 Å². The van der Waals surface area contributed by atoms with Crippen LogP contribution in [0.5, 0.6) is 0 Å². The molecule has 0 aliphatic rings. The Kier molecular flexibility index (Phi) is 7.35. The number of hydrogen-bond acceptors (Lipinski definition) is 0. The van der Waals surface area contributed by atoms with Crippen LogP contribution in [0.4, 0.5) is 0 Å². The van der Waals surface area contributed by atoms with Crippen molar-refractivity contribution in [3.8, 4) is 0 Å². The Morgan fingerprint density at radius 2 is 1.06 bits per heavy atom. The van der Waals surface area contributed by atoms with Gasteiger partial charge >= 0.3 is 0 Å². The molecule has 0 aliphatic heterocycles. The van der Waals surface area contributed by atoms with Gasteiger partial charge in [-0.15, -0.1) is 0 Å². The van der Waals surface area contributed by atoms with E-state index in [-0.39, 0.29) is 0 Å². The quantitative estimate of drug-likeness (QED) is 0.528. The third-order valence-electron chi connectivity index (χ3n) is 5.18. The van der Waals surface area contributed by atoms with Crippen molar-refractivity contribution in [3.05, 3.63) is 0 Å². The van der Waals surface area contributed by atoms with E-state index in [2.05, 4.69) is 55.4 Å². The molecule has 0 saturated heterocycles. The first-order chi connectivity index (χ1) is 7.32. The number of rotatable bonds is 7. The molecule has 0 nitrogen and oxygen atoms in total. The van der Waals surface area contributed by atoms with E-state index in [1.807, 2.05) is 0 Å². The summed E-state index contributed by atoms with van der Waals surface area (Å²) in [5.74, 6) is 5.07. The van der Waals surface area contributed by atoms with Gasteiger partial charge in [0.1, 0.15) is 0 Å². The molecule has 0 aromatic carbocycles. The van der Waals surface area contributed by atoms with Crippen LogP contribution in [0.25, 0.3) is 0 Å². The van der Waals surface area contributed by atoms with Crippen LogP contribution in [0.15, 0.2) is 0 Å². The summed E-state index contributed by atoms with van der Waals surface area (Å²) in [4.78, 5) is 0. The van der Waals surface area contributed by atoms with Crippen molar-refractivity contribution in [3.63, 3.8) is 0 Å². The standard InChI is InChI=1S/C16H34/c1-9-10-12(4)14(6)16(8)15(7)13(5)11(2)3/h11-16H,9-10H2,1-8H3. The van der Waals surface area contributed by atoms with Crippen molar-refractivity contribution in [1.82, 2.24) is 0 Å². The average molecular weight is 226 g/mol. The van der Waals surface area contributed by atoms with Gasteiger partial charge in [0.2, 0.25) is 0 Å². The summed E-state index contributed by atoms with van der Waals surface area (Å²) >= 11 is 0. The van der Waals surface area contributed by atoms with Crippen LogP contribution in [0.3, 0.4) is 0 Å². The average Bonchev–Trinajstić information content (AvgIpc) is 2.25. The molecule has 0 heteroatoms. The van der Waals surface area contributed by atoms with E-state index >= 15 is 0 Å². The van der Waals surface area contributed by atoms with Gasteiger partial charge in [0.15, 0.2) is 0 Å². The molecule has 0 radical (unpaired) electrons. The molecule has 16 heavy (non-hydrogen) atoms. The fourth-order valence-electron chi connectivity index (χ4n) is 2.80. The van der Waals surface area contributed by atoms with Crippen LogP contribution in [-0.2, 0) is 0 Å². The third-order valence-corrected chi connectivity index (χ3v) is 5.18. The van der Waals surface area contributed by atoms with Crippen molar-refractivity contribution >= 4 is 0 Å². The first-order valence-corrected chi connectivity index (χ1v) is 7.32. The van der Waals surface area contributed by atoms with Crippen molar-refractivity contribution < 1.29 is 0 Å². The van der Waals surface area contributed by atoms with Gasteiger partial charge in [-0.05, 0) is 35.5 Å². The van der Waals surface area contributed by atoms with E-state index in [1.165, 1.54) is 12.8 Å². The van der Waals surface area contributed by atoms with Crippen LogP contribution in [0.2, 0.25) is 0 Å². The van der Waals surface area contributed by atoms with Crippen LogP contribution in [0, 0.1) is 35.5 Å². The Labute approximate surface area is 104 Å². The van der Waals surface area contributed by atoms with E-state index in [0.29, 0.717) is 0 Å². The van der Waals surface area contributed by atoms with Gasteiger partial charge in [0.25, 0.3) is 0 Å². The first-order valence-electron chi connectivity index (χ1n) is 7.32.